The first kappa shape index (κ1) is 23.9. The highest BCUT2D eigenvalue weighted by Gasteiger charge is 2.27. The van der Waals surface area contributed by atoms with Crippen molar-refractivity contribution in [3.63, 3.8) is 0 Å². The molecule has 0 bridgehead atoms. The van der Waals surface area contributed by atoms with Crippen LogP contribution in [0.25, 0.3) is 22.9 Å². The molecule has 1 aliphatic heterocycles. The van der Waals surface area contributed by atoms with Gasteiger partial charge in [-0.25, -0.2) is 9.50 Å². The third-order valence-electron chi connectivity index (χ3n) is 6.83. The van der Waals surface area contributed by atoms with E-state index in [0.717, 1.165) is 47.8 Å². The highest BCUT2D eigenvalue weighted by atomic mass is 16.2. The minimum atomic E-state index is 0.0435. The SMILES string of the molecule is Cc1nn2c(C(C)C)c(C(=O)N3CCN(C/C=C/c4ccccc4)CC3)cnc2c1-c1ccccc1. The molecule has 1 amide bonds. The van der Waals surface area contributed by atoms with E-state index in [9.17, 15) is 4.79 Å². The molecule has 0 spiro atoms. The number of aryl methyl sites for hydroxylation is 1. The highest BCUT2D eigenvalue weighted by Crippen LogP contribution is 2.30. The van der Waals surface area contributed by atoms with Gasteiger partial charge < -0.3 is 4.90 Å². The van der Waals surface area contributed by atoms with Crippen LogP contribution in [0.1, 0.15) is 47.1 Å². The molecule has 0 aliphatic carbocycles. The summed E-state index contributed by atoms with van der Waals surface area (Å²) in [6, 6.07) is 20.6. The van der Waals surface area contributed by atoms with E-state index in [-0.39, 0.29) is 11.8 Å². The fraction of sp³-hybridized carbons (Fsp3) is 0.300. The summed E-state index contributed by atoms with van der Waals surface area (Å²) in [5.74, 6) is 0.170. The molecule has 1 saturated heterocycles. The Hall–Kier alpha value is -3.77. The van der Waals surface area contributed by atoms with E-state index in [0.29, 0.717) is 18.7 Å². The number of amides is 1. The lowest BCUT2D eigenvalue weighted by Gasteiger charge is -2.34. The number of aromatic nitrogens is 3. The molecule has 2 aromatic carbocycles. The molecule has 0 saturated carbocycles. The molecule has 3 heterocycles. The van der Waals surface area contributed by atoms with Crippen molar-refractivity contribution in [3.05, 3.63) is 95.5 Å². The van der Waals surface area contributed by atoms with Crippen LogP contribution in [-0.2, 0) is 0 Å². The third kappa shape index (κ3) is 4.82. The van der Waals surface area contributed by atoms with Crippen LogP contribution in [0.5, 0.6) is 0 Å². The molecule has 36 heavy (non-hydrogen) atoms. The van der Waals surface area contributed by atoms with E-state index in [4.69, 9.17) is 10.1 Å². The van der Waals surface area contributed by atoms with Crippen LogP contribution in [0.4, 0.5) is 0 Å². The van der Waals surface area contributed by atoms with E-state index < -0.39 is 0 Å². The van der Waals surface area contributed by atoms with Crippen molar-refractivity contribution in [1.82, 2.24) is 24.4 Å². The Morgan fingerprint density at radius 2 is 1.64 bits per heavy atom. The van der Waals surface area contributed by atoms with Gasteiger partial charge in [-0.3, -0.25) is 9.69 Å². The van der Waals surface area contributed by atoms with Crippen molar-refractivity contribution in [2.75, 3.05) is 32.7 Å². The zero-order chi connectivity index (χ0) is 25.1. The number of carbonyl (C=O) groups is 1. The molecular formula is C30H33N5O. The normalized spacial score (nSPS) is 14.8. The second-order valence-electron chi connectivity index (χ2n) is 9.68. The molecule has 0 unspecified atom stereocenters. The van der Waals surface area contributed by atoms with Gasteiger partial charge in [0.2, 0.25) is 0 Å². The smallest absolute Gasteiger partial charge is 0.257 e. The van der Waals surface area contributed by atoms with E-state index in [1.807, 2.05) is 40.6 Å². The summed E-state index contributed by atoms with van der Waals surface area (Å²) in [6.07, 6.45) is 6.12. The van der Waals surface area contributed by atoms with Crippen molar-refractivity contribution in [3.8, 4) is 11.1 Å². The Morgan fingerprint density at radius 3 is 2.31 bits per heavy atom. The summed E-state index contributed by atoms with van der Waals surface area (Å²) in [7, 11) is 0. The minimum Gasteiger partial charge on any atom is -0.336 e. The largest absolute Gasteiger partial charge is 0.336 e. The quantitative estimate of drug-likeness (QED) is 0.377. The predicted octanol–water partition coefficient (Wildman–Crippen LogP) is 5.30. The Bertz CT molecular complexity index is 1370. The number of rotatable bonds is 6. The van der Waals surface area contributed by atoms with Gasteiger partial charge in [0.15, 0.2) is 5.65 Å². The first-order valence-corrected chi connectivity index (χ1v) is 12.7. The lowest BCUT2D eigenvalue weighted by molar-refractivity contribution is 0.0647. The molecule has 2 aromatic heterocycles. The van der Waals surface area contributed by atoms with Crippen LogP contribution < -0.4 is 0 Å². The maximum absolute atomic E-state index is 13.6. The first-order valence-electron chi connectivity index (χ1n) is 12.7. The number of hydrogen-bond acceptors (Lipinski definition) is 4. The lowest BCUT2D eigenvalue weighted by atomic mass is 10.0. The van der Waals surface area contributed by atoms with Crippen LogP contribution in [0.3, 0.4) is 0 Å². The molecule has 1 fully saturated rings. The maximum atomic E-state index is 13.6. The summed E-state index contributed by atoms with van der Waals surface area (Å²) < 4.78 is 1.89. The van der Waals surface area contributed by atoms with Gasteiger partial charge in [0.05, 0.1) is 17.0 Å². The molecule has 1 aliphatic rings. The predicted molar refractivity (Wildman–Crippen MR) is 145 cm³/mol. The van der Waals surface area contributed by atoms with Gasteiger partial charge in [-0.2, -0.15) is 5.10 Å². The van der Waals surface area contributed by atoms with Gasteiger partial charge >= 0.3 is 0 Å². The molecule has 0 atom stereocenters. The number of carbonyl (C=O) groups excluding carboxylic acids is 1. The van der Waals surface area contributed by atoms with Gasteiger partial charge in [0.1, 0.15) is 0 Å². The molecule has 5 rings (SSSR count). The van der Waals surface area contributed by atoms with E-state index >= 15 is 0 Å². The van der Waals surface area contributed by atoms with E-state index in [1.165, 1.54) is 5.56 Å². The number of benzene rings is 2. The number of piperazine rings is 1. The van der Waals surface area contributed by atoms with Crippen molar-refractivity contribution in [2.24, 2.45) is 0 Å². The van der Waals surface area contributed by atoms with Crippen molar-refractivity contribution >= 4 is 17.6 Å². The summed E-state index contributed by atoms with van der Waals surface area (Å²) >= 11 is 0. The Morgan fingerprint density at radius 1 is 0.972 bits per heavy atom. The topological polar surface area (TPSA) is 53.7 Å². The first-order chi connectivity index (χ1) is 17.5. The Kier molecular flexibility index (Phi) is 6.96. The summed E-state index contributed by atoms with van der Waals surface area (Å²) in [6.45, 7) is 10.3. The average molecular weight is 480 g/mol. The van der Waals surface area contributed by atoms with E-state index in [2.05, 4.69) is 67.3 Å². The van der Waals surface area contributed by atoms with Crippen LogP contribution in [0, 0.1) is 6.92 Å². The zero-order valence-electron chi connectivity index (χ0n) is 21.3. The molecule has 0 radical (unpaired) electrons. The van der Waals surface area contributed by atoms with Gasteiger partial charge in [-0.1, -0.05) is 86.7 Å². The minimum absolute atomic E-state index is 0.0435. The molecule has 0 N–H and O–H groups in total. The standard InChI is InChI=1S/C30H33N5O/c1-22(2)28-26(21-31-29-27(23(3)32-35(28)29)25-14-8-5-9-15-25)30(36)34-19-17-33(18-20-34)16-10-13-24-11-6-4-7-12-24/h4-15,21-22H,16-20H2,1-3H3/b13-10+. The summed E-state index contributed by atoms with van der Waals surface area (Å²) in [5, 5.41) is 4.84. The zero-order valence-corrected chi connectivity index (χ0v) is 21.3. The molecule has 6 heteroatoms. The molecule has 184 valence electrons. The monoisotopic (exact) mass is 479 g/mol. The van der Waals surface area contributed by atoms with Crippen LogP contribution >= 0.6 is 0 Å². The fourth-order valence-electron chi connectivity index (χ4n) is 4.98. The Balaban J connectivity index is 1.34. The van der Waals surface area contributed by atoms with Crippen LogP contribution in [0.15, 0.2) is 72.9 Å². The van der Waals surface area contributed by atoms with E-state index in [1.54, 1.807) is 6.20 Å². The average Bonchev–Trinajstić information content (AvgIpc) is 3.24. The molecule has 6 nitrogen and oxygen atoms in total. The van der Waals surface area contributed by atoms with Crippen molar-refractivity contribution in [2.45, 2.75) is 26.7 Å². The van der Waals surface area contributed by atoms with Crippen LogP contribution in [-0.4, -0.2) is 63.0 Å². The van der Waals surface area contributed by atoms with Gasteiger partial charge in [-0.05, 0) is 24.0 Å². The summed E-state index contributed by atoms with van der Waals surface area (Å²) in [5.41, 5.74) is 6.60. The second-order valence-corrected chi connectivity index (χ2v) is 9.68. The van der Waals surface area contributed by atoms with Crippen molar-refractivity contribution < 1.29 is 4.79 Å². The summed E-state index contributed by atoms with van der Waals surface area (Å²) in [4.78, 5) is 22.7. The molecule has 4 aromatic rings. The number of hydrogen-bond donors (Lipinski definition) is 0. The lowest BCUT2D eigenvalue weighted by Crippen LogP contribution is -2.48. The molecular weight excluding hydrogens is 446 g/mol. The maximum Gasteiger partial charge on any atom is 0.257 e. The van der Waals surface area contributed by atoms with Gasteiger partial charge in [0, 0.05) is 44.5 Å². The highest BCUT2D eigenvalue weighted by molar-refractivity contribution is 5.96. The number of nitrogens with zero attached hydrogens (tertiary/aromatic N) is 5. The van der Waals surface area contributed by atoms with Gasteiger partial charge in [-0.15, -0.1) is 0 Å². The van der Waals surface area contributed by atoms with Gasteiger partial charge in [0.25, 0.3) is 5.91 Å². The van der Waals surface area contributed by atoms with Crippen molar-refractivity contribution in [1.29, 1.82) is 0 Å². The number of fused-ring (bicyclic) bond motifs is 1. The Labute approximate surface area is 212 Å². The fourth-order valence-corrected chi connectivity index (χ4v) is 4.98. The second kappa shape index (κ2) is 10.5. The van der Waals surface area contributed by atoms with Crippen LogP contribution in [0.2, 0.25) is 0 Å². The third-order valence-corrected chi connectivity index (χ3v) is 6.83.